The van der Waals surface area contributed by atoms with Crippen LogP contribution in [0.1, 0.15) is 89.5 Å². The van der Waals surface area contributed by atoms with Crippen LogP contribution in [0.2, 0.25) is 0 Å². The maximum Gasteiger partial charge on any atom is 0.303 e. The van der Waals surface area contributed by atoms with Crippen molar-refractivity contribution in [3.63, 3.8) is 0 Å². The number of carboxylic acids is 1. The van der Waals surface area contributed by atoms with Gasteiger partial charge in [-0.25, -0.2) is 0 Å². The largest absolute Gasteiger partial charge is 0.481 e. The smallest absolute Gasteiger partial charge is 0.303 e. The Morgan fingerprint density at radius 2 is 1.35 bits per heavy atom. The molecule has 0 unspecified atom stereocenters. The molecule has 1 aromatic carbocycles. The Labute approximate surface area is 192 Å². The van der Waals surface area contributed by atoms with Gasteiger partial charge >= 0.3 is 5.97 Å². The lowest BCUT2D eigenvalue weighted by molar-refractivity contribution is -0.884. The second-order valence-corrected chi connectivity index (χ2v) is 9.31. The third-order valence-corrected chi connectivity index (χ3v) is 4.84. The maximum absolute atomic E-state index is 10.3. The van der Waals surface area contributed by atoms with Gasteiger partial charge in [-0.1, -0.05) is 93.7 Å². The molecule has 0 atom stereocenters. The van der Waals surface area contributed by atoms with Crippen molar-refractivity contribution in [2.75, 3.05) is 21.1 Å². The lowest BCUT2D eigenvalue weighted by Gasteiger charge is -2.23. The van der Waals surface area contributed by atoms with Gasteiger partial charge < -0.3 is 9.59 Å². The quantitative estimate of drug-likeness (QED) is 0.165. The van der Waals surface area contributed by atoms with Crippen LogP contribution in [-0.4, -0.2) is 36.7 Å². The predicted octanol–water partition coefficient (Wildman–Crippen LogP) is 7.78. The van der Waals surface area contributed by atoms with E-state index in [9.17, 15) is 4.79 Å². The van der Waals surface area contributed by atoms with Crippen molar-refractivity contribution in [2.45, 2.75) is 90.5 Å². The van der Waals surface area contributed by atoms with Gasteiger partial charge in [0.2, 0.25) is 0 Å². The van der Waals surface area contributed by atoms with E-state index >= 15 is 0 Å². The van der Waals surface area contributed by atoms with Crippen LogP contribution in [0.3, 0.4) is 0 Å². The number of nitrogens with zero attached hydrogens (tertiary/aromatic N) is 1. The van der Waals surface area contributed by atoms with Gasteiger partial charge in [-0.05, 0) is 38.5 Å². The summed E-state index contributed by atoms with van der Waals surface area (Å²) in [5, 5.41) is 8.50. The van der Waals surface area contributed by atoms with Crippen LogP contribution in [0.4, 0.5) is 0 Å². The normalized spacial score (nSPS) is 11.6. The monoisotopic (exact) mass is 430 g/mol. The molecule has 3 nitrogen and oxygen atoms in total. The third kappa shape index (κ3) is 24.3. The Kier molecular flexibility index (Phi) is 18.8. The number of unbranched alkanes of at least 4 members (excludes halogenated alkanes) is 8. The van der Waals surface area contributed by atoms with E-state index in [0.717, 1.165) is 36.7 Å². The Morgan fingerprint density at radius 1 is 0.806 bits per heavy atom. The van der Waals surface area contributed by atoms with Crippen LogP contribution in [0, 0.1) is 0 Å². The molecule has 0 spiro atoms. The highest BCUT2D eigenvalue weighted by atomic mass is 16.4. The molecule has 0 bridgehead atoms. The number of carboxylic acid groups (broad SMARTS) is 1. The van der Waals surface area contributed by atoms with E-state index in [1.165, 1.54) is 50.5 Å². The van der Waals surface area contributed by atoms with Gasteiger partial charge in [0.1, 0.15) is 6.54 Å². The lowest BCUT2D eigenvalue weighted by atomic mass is 10.1. The van der Waals surface area contributed by atoms with Gasteiger partial charge in [0, 0.05) is 12.0 Å². The molecule has 0 aliphatic heterocycles. The fourth-order valence-corrected chi connectivity index (χ4v) is 3.22. The summed E-state index contributed by atoms with van der Waals surface area (Å²) >= 11 is 0. The topological polar surface area (TPSA) is 37.3 Å². The van der Waals surface area contributed by atoms with Gasteiger partial charge in [0.05, 0.1) is 21.1 Å². The van der Waals surface area contributed by atoms with E-state index in [-0.39, 0.29) is 0 Å². The second-order valence-electron chi connectivity index (χ2n) is 9.31. The molecule has 0 saturated heterocycles. The molecule has 1 N–H and O–H groups in total. The van der Waals surface area contributed by atoms with Crippen LogP contribution in [0.15, 0.2) is 54.6 Å². The molecule has 0 saturated carbocycles. The Hall–Kier alpha value is -1.87. The SMILES string of the molecule is CCCCC/C=C\C/C=C\CCCCCCCC(=O)O.C[N+](C)(C)Cc1ccccc1. The zero-order valence-corrected chi connectivity index (χ0v) is 20.7. The first-order valence-electron chi connectivity index (χ1n) is 12.2. The highest BCUT2D eigenvalue weighted by molar-refractivity contribution is 5.66. The van der Waals surface area contributed by atoms with Crippen molar-refractivity contribution in [3.8, 4) is 0 Å². The summed E-state index contributed by atoms with van der Waals surface area (Å²) in [4.78, 5) is 10.3. The summed E-state index contributed by atoms with van der Waals surface area (Å²) in [5.41, 5.74) is 1.40. The Bertz CT molecular complexity index is 585. The number of benzene rings is 1. The third-order valence-electron chi connectivity index (χ3n) is 4.84. The number of rotatable bonds is 16. The number of allylic oxidation sites excluding steroid dienone is 4. The van der Waals surface area contributed by atoms with Crippen molar-refractivity contribution in [1.29, 1.82) is 0 Å². The zero-order valence-electron chi connectivity index (χ0n) is 20.7. The molecular weight excluding hydrogens is 382 g/mol. The average Bonchev–Trinajstić information content (AvgIpc) is 2.71. The van der Waals surface area contributed by atoms with Crippen LogP contribution < -0.4 is 0 Å². The van der Waals surface area contributed by atoms with Gasteiger partial charge in [0.25, 0.3) is 0 Å². The average molecular weight is 431 g/mol. The van der Waals surface area contributed by atoms with E-state index in [2.05, 4.69) is 82.7 Å². The molecule has 0 radical (unpaired) electrons. The molecule has 3 heteroatoms. The van der Waals surface area contributed by atoms with E-state index in [1.54, 1.807) is 0 Å². The Balaban J connectivity index is 0.000000683. The van der Waals surface area contributed by atoms with E-state index in [4.69, 9.17) is 5.11 Å². The summed E-state index contributed by atoms with van der Waals surface area (Å²) in [5.74, 6) is -0.671. The molecule has 0 fully saturated rings. The number of hydrogen-bond donors (Lipinski definition) is 1. The molecule has 31 heavy (non-hydrogen) atoms. The van der Waals surface area contributed by atoms with Gasteiger partial charge in [-0.15, -0.1) is 0 Å². The fraction of sp³-hybridized carbons (Fsp3) is 0.607. The number of carbonyl (C=O) groups is 1. The maximum atomic E-state index is 10.3. The summed E-state index contributed by atoms with van der Waals surface area (Å²) < 4.78 is 0.990. The number of hydrogen-bond acceptors (Lipinski definition) is 1. The van der Waals surface area contributed by atoms with Gasteiger partial charge in [-0.3, -0.25) is 4.79 Å². The lowest BCUT2D eigenvalue weighted by Crippen LogP contribution is -2.33. The highest BCUT2D eigenvalue weighted by Gasteiger charge is 2.06. The van der Waals surface area contributed by atoms with Crippen molar-refractivity contribution >= 4 is 5.97 Å². The standard InChI is InChI=1S/C18H32O2.C10H16N/c1-2-3-4-5-6-7-8-9-10-11-12-13-14-15-16-17-18(19)20;1-11(2,3)9-10-7-5-4-6-8-10/h6-7,9-10H,2-5,8,11-17H2,1H3,(H,19,20);4-8H,9H2,1-3H3/q;+1/b7-6-,10-9-;. The minimum absolute atomic E-state index is 0.324. The van der Waals surface area contributed by atoms with Crippen LogP contribution in [0.5, 0.6) is 0 Å². The van der Waals surface area contributed by atoms with Crippen molar-refractivity contribution in [2.24, 2.45) is 0 Å². The van der Waals surface area contributed by atoms with Crippen molar-refractivity contribution in [1.82, 2.24) is 0 Å². The van der Waals surface area contributed by atoms with E-state index < -0.39 is 5.97 Å². The summed E-state index contributed by atoms with van der Waals surface area (Å²) in [6.45, 7) is 3.33. The van der Waals surface area contributed by atoms with Crippen LogP contribution in [0.25, 0.3) is 0 Å². The molecular formula is C28H48NO2+. The summed E-state index contributed by atoms with van der Waals surface area (Å²) in [7, 11) is 6.60. The van der Waals surface area contributed by atoms with Crippen molar-refractivity contribution in [3.05, 3.63) is 60.2 Å². The van der Waals surface area contributed by atoms with Crippen LogP contribution in [-0.2, 0) is 11.3 Å². The predicted molar refractivity (Wildman–Crippen MR) is 135 cm³/mol. The van der Waals surface area contributed by atoms with Gasteiger partial charge in [-0.2, -0.15) is 0 Å². The second kappa shape index (κ2) is 20.1. The summed E-state index contributed by atoms with van der Waals surface area (Å²) in [6.07, 6.45) is 22.3. The molecule has 0 aliphatic carbocycles. The first-order chi connectivity index (χ1) is 14.8. The Morgan fingerprint density at radius 3 is 1.90 bits per heavy atom. The first kappa shape index (κ1) is 29.1. The van der Waals surface area contributed by atoms with E-state index in [0.29, 0.717) is 6.42 Å². The van der Waals surface area contributed by atoms with Gasteiger partial charge in [0.15, 0.2) is 0 Å². The van der Waals surface area contributed by atoms with Crippen molar-refractivity contribution < 1.29 is 14.4 Å². The minimum Gasteiger partial charge on any atom is -0.481 e. The molecule has 1 rings (SSSR count). The minimum atomic E-state index is -0.671. The first-order valence-corrected chi connectivity index (χ1v) is 12.2. The summed E-state index contributed by atoms with van der Waals surface area (Å²) in [6, 6.07) is 10.6. The molecule has 0 heterocycles. The number of aliphatic carboxylic acids is 1. The molecule has 0 aromatic heterocycles. The molecule has 176 valence electrons. The molecule has 0 aliphatic rings. The molecule has 1 aromatic rings. The van der Waals surface area contributed by atoms with Crippen LogP contribution >= 0.6 is 0 Å². The fourth-order valence-electron chi connectivity index (χ4n) is 3.22. The molecule has 0 amide bonds. The number of quaternary nitrogens is 1. The highest BCUT2D eigenvalue weighted by Crippen LogP contribution is 2.08. The zero-order chi connectivity index (χ0) is 23.2. The van der Waals surface area contributed by atoms with E-state index in [1.807, 2.05) is 0 Å².